The lowest BCUT2D eigenvalue weighted by molar-refractivity contribution is -0.126. The summed E-state index contributed by atoms with van der Waals surface area (Å²) >= 11 is 0. The molecular formula is C17H26N2O3. The van der Waals surface area contributed by atoms with Gasteiger partial charge in [0.25, 0.3) is 5.91 Å². The highest BCUT2D eigenvalue weighted by Crippen LogP contribution is 2.25. The van der Waals surface area contributed by atoms with Crippen LogP contribution < -0.4 is 5.32 Å². The fraction of sp³-hybridized carbons (Fsp3) is 0.647. The molecule has 122 valence electrons. The van der Waals surface area contributed by atoms with E-state index >= 15 is 0 Å². The van der Waals surface area contributed by atoms with Gasteiger partial charge in [-0.05, 0) is 40.0 Å². The lowest BCUT2D eigenvalue weighted by Gasteiger charge is -2.31. The van der Waals surface area contributed by atoms with Crippen molar-refractivity contribution in [1.29, 1.82) is 0 Å². The molecule has 0 atom stereocenters. The number of piperidine rings is 1. The zero-order valence-corrected chi connectivity index (χ0v) is 14.0. The lowest BCUT2D eigenvalue weighted by atomic mass is 9.95. The smallest absolute Gasteiger partial charge is 0.257 e. The molecule has 0 spiro atoms. The van der Waals surface area contributed by atoms with Crippen molar-refractivity contribution in [2.45, 2.75) is 47.0 Å². The first-order valence-corrected chi connectivity index (χ1v) is 8.09. The Bertz CT molecular complexity index is 554. The van der Waals surface area contributed by atoms with Gasteiger partial charge in [-0.15, -0.1) is 0 Å². The molecule has 0 saturated carbocycles. The molecule has 1 aliphatic heterocycles. The van der Waals surface area contributed by atoms with E-state index in [0.29, 0.717) is 24.4 Å². The molecular weight excluding hydrogens is 280 g/mol. The van der Waals surface area contributed by atoms with Gasteiger partial charge in [0.05, 0.1) is 5.56 Å². The number of amides is 2. The first kappa shape index (κ1) is 16.6. The fourth-order valence-electron chi connectivity index (χ4n) is 3.00. The third-order valence-electron chi connectivity index (χ3n) is 4.48. The Labute approximate surface area is 132 Å². The third-order valence-corrected chi connectivity index (χ3v) is 4.48. The minimum Gasteiger partial charge on any atom is -0.466 e. The first-order chi connectivity index (χ1) is 10.5. The quantitative estimate of drug-likeness (QED) is 0.930. The second-order valence-corrected chi connectivity index (χ2v) is 6.07. The Morgan fingerprint density at radius 1 is 1.18 bits per heavy atom. The number of carbonyl (C=O) groups is 2. The van der Waals surface area contributed by atoms with Crippen molar-refractivity contribution in [3.63, 3.8) is 0 Å². The minimum absolute atomic E-state index is 0.0271. The Kier molecular flexibility index (Phi) is 5.27. The van der Waals surface area contributed by atoms with Crippen molar-refractivity contribution in [3.8, 4) is 0 Å². The molecule has 5 nitrogen and oxygen atoms in total. The van der Waals surface area contributed by atoms with Crippen LogP contribution in [0.1, 0.15) is 53.6 Å². The van der Waals surface area contributed by atoms with Crippen LogP contribution in [0.2, 0.25) is 0 Å². The van der Waals surface area contributed by atoms with Gasteiger partial charge in [-0.2, -0.15) is 0 Å². The van der Waals surface area contributed by atoms with Gasteiger partial charge in [-0.25, -0.2) is 0 Å². The molecule has 0 unspecified atom stereocenters. The van der Waals surface area contributed by atoms with Crippen LogP contribution in [-0.4, -0.2) is 36.3 Å². The van der Waals surface area contributed by atoms with Crippen LogP contribution in [0.15, 0.2) is 4.42 Å². The number of hydrogen-bond donors (Lipinski definition) is 1. The fourth-order valence-corrected chi connectivity index (χ4v) is 3.00. The van der Waals surface area contributed by atoms with Crippen molar-refractivity contribution in [2.75, 3.05) is 19.6 Å². The van der Waals surface area contributed by atoms with Crippen molar-refractivity contribution in [2.24, 2.45) is 5.92 Å². The number of carbonyl (C=O) groups excluding carboxylic acids is 2. The number of nitrogens with zero attached hydrogens (tertiary/aromatic N) is 1. The highest BCUT2D eigenvalue weighted by Gasteiger charge is 2.30. The molecule has 1 fully saturated rings. The summed E-state index contributed by atoms with van der Waals surface area (Å²) in [5, 5.41) is 2.94. The van der Waals surface area contributed by atoms with Gasteiger partial charge in [-0.1, -0.05) is 6.92 Å². The van der Waals surface area contributed by atoms with Crippen LogP contribution in [0.5, 0.6) is 0 Å². The maximum absolute atomic E-state index is 12.7. The largest absolute Gasteiger partial charge is 0.466 e. The molecule has 1 aliphatic rings. The van der Waals surface area contributed by atoms with Gasteiger partial charge >= 0.3 is 0 Å². The topological polar surface area (TPSA) is 62.6 Å². The van der Waals surface area contributed by atoms with Crippen LogP contribution in [0, 0.1) is 26.7 Å². The lowest BCUT2D eigenvalue weighted by Crippen LogP contribution is -2.43. The van der Waals surface area contributed by atoms with Crippen LogP contribution in [0.25, 0.3) is 0 Å². The van der Waals surface area contributed by atoms with Gasteiger partial charge in [0.2, 0.25) is 5.91 Å². The van der Waals surface area contributed by atoms with Crippen LogP contribution in [0.4, 0.5) is 0 Å². The van der Waals surface area contributed by atoms with Gasteiger partial charge < -0.3 is 14.6 Å². The normalized spacial score (nSPS) is 15.9. The SMILES string of the molecule is CCCNC(=O)C1CCN(C(=O)c2c(C)oc(C)c2C)CC1. The molecule has 0 aliphatic carbocycles. The molecule has 1 aromatic heterocycles. The summed E-state index contributed by atoms with van der Waals surface area (Å²) in [6.07, 6.45) is 2.41. The summed E-state index contributed by atoms with van der Waals surface area (Å²) in [4.78, 5) is 26.5. The highest BCUT2D eigenvalue weighted by atomic mass is 16.3. The molecule has 0 radical (unpaired) electrons. The van der Waals surface area contributed by atoms with Crippen molar-refractivity contribution >= 4 is 11.8 Å². The molecule has 1 aromatic rings. The third kappa shape index (κ3) is 3.34. The highest BCUT2D eigenvalue weighted by molar-refractivity contribution is 5.97. The van der Waals surface area contributed by atoms with Crippen molar-refractivity contribution in [1.82, 2.24) is 10.2 Å². The number of nitrogens with one attached hydrogen (secondary N) is 1. The zero-order chi connectivity index (χ0) is 16.3. The van der Waals surface area contributed by atoms with Gasteiger partial charge in [0.15, 0.2) is 0 Å². The van der Waals surface area contributed by atoms with E-state index < -0.39 is 0 Å². The molecule has 1 N–H and O–H groups in total. The molecule has 0 aromatic carbocycles. The number of furan rings is 1. The number of aryl methyl sites for hydroxylation is 2. The maximum atomic E-state index is 12.7. The molecule has 2 rings (SSSR count). The molecule has 1 saturated heterocycles. The Morgan fingerprint density at radius 3 is 2.32 bits per heavy atom. The van der Waals surface area contributed by atoms with E-state index in [1.807, 2.05) is 32.6 Å². The Morgan fingerprint density at radius 2 is 1.82 bits per heavy atom. The van der Waals surface area contributed by atoms with E-state index in [1.165, 1.54) is 0 Å². The van der Waals surface area contributed by atoms with E-state index in [4.69, 9.17) is 4.42 Å². The zero-order valence-electron chi connectivity index (χ0n) is 14.0. The van der Waals surface area contributed by atoms with Crippen LogP contribution in [0.3, 0.4) is 0 Å². The number of rotatable bonds is 4. The van der Waals surface area contributed by atoms with Crippen LogP contribution >= 0.6 is 0 Å². The van der Waals surface area contributed by atoms with Gasteiger partial charge in [0, 0.05) is 31.1 Å². The summed E-state index contributed by atoms with van der Waals surface area (Å²) in [6.45, 7) is 9.66. The number of likely N-dealkylation sites (tertiary alicyclic amines) is 1. The van der Waals surface area contributed by atoms with E-state index in [-0.39, 0.29) is 17.7 Å². The van der Waals surface area contributed by atoms with E-state index in [9.17, 15) is 9.59 Å². The van der Waals surface area contributed by atoms with Gasteiger partial charge in [0.1, 0.15) is 11.5 Å². The minimum atomic E-state index is 0.0271. The number of hydrogen-bond acceptors (Lipinski definition) is 3. The molecule has 2 heterocycles. The van der Waals surface area contributed by atoms with E-state index in [2.05, 4.69) is 5.32 Å². The predicted molar refractivity (Wildman–Crippen MR) is 84.8 cm³/mol. The summed E-state index contributed by atoms with van der Waals surface area (Å²) in [5.41, 5.74) is 1.61. The summed E-state index contributed by atoms with van der Waals surface area (Å²) in [5.74, 6) is 1.67. The summed E-state index contributed by atoms with van der Waals surface area (Å²) in [6, 6.07) is 0. The monoisotopic (exact) mass is 306 g/mol. The first-order valence-electron chi connectivity index (χ1n) is 8.09. The second kappa shape index (κ2) is 6.99. The standard InChI is InChI=1S/C17H26N2O3/c1-5-8-18-16(20)14-6-9-19(10-7-14)17(21)15-11(2)12(3)22-13(15)4/h14H,5-10H2,1-4H3,(H,18,20). The summed E-state index contributed by atoms with van der Waals surface area (Å²) < 4.78 is 5.55. The maximum Gasteiger partial charge on any atom is 0.257 e. The van der Waals surface area contributed by atoms with E-state index in [1.54, 1.807) is 0 Å². The second-order valence-electron chi connectivity index (χ2n) is 6.07. The summed E-state index contributed by atoms with van der Waals surface area (Å²) in [7, 11) is 0. The van der Waals surface area contributed by atoms with E-state index in [0.717, 1.165) is 37.1 Å². The average molecular weight is 306 g/mol. The van der Waals surface area contributed by atoms with Crippen molar-refractivity contribution < 1.29 is 14.0 Å². The Hall–Kier alpha value is -1.78. The van der Waals surface area contributed by atoms with Crippen LogP contribution in [-0.2, 0) is 4.79 Å². The van der Waals surface area contributed by atoms with Crippen molar-refractivity contribution in [3.05, 3.63) is 22.6 Å². The molecule has 0 bridgehead atoms. The average Bonchev–Trinajstić information content (AvgIpc) is 2.77. The molecule has 5 heteroatoms. The molecule has 22 heavy (non-hydrogen) atoms. The Balaban J connectivity index is 1.97. The predicted octanol–water partition coefficient (Wildman–Crippen LogP) is 2.58. The van der Waals surface area contributed by atoms with Gasteiger partial charge in [-0.3, -0.25) is 9.59 Å². The molecule has 2 amide bonds.